The summed E-state index contributed by atoms with van der Waals surface area (Å²) in [6.45, 7) is 1.03. The number of piperidine rings is 1. The first-order valence-electron chi connectivity index (χ1n) is 9.38. The number of carbonyl (C=O) groups excluding carboxylic acids is 1. The maximum Gasteiger partial charge on any atom is 0.243 e. The molecule has 6 nitrogen and oxygen atoms in total. The Morgan fingerprint density at radius 1 is 1.00 bits per heavy atom. The molecule has 2 aromatic carbocycles. The quantitative estimate of drug-likeness (QED) is 0.644. The van der Waals surface area contributed by atoms with Crippen LogP contribution in [0.15, 0.2) is 59.6 Å². The van der Waals surface area contributed by atoms with Crippen molar-refractivity contribution in [2.75, 3.05) is 19.7 Å². The van der Waals surface area contributed by atoms with E-state index >= 15 is 0 Å². The molecule has 1 N–H and O–H groups in total. The molecular formula is C21H22N2O4S. The number of benzene rings is 2. The smallest absolute Gasteiger partial charge is 0.243 e. The van der Waals surface area contributed by atoms with Gasteiger partial charge in [0.05, 0.1) is 4.90 Å². The molecular weight excluding hydrogens is 376 g/mol. The van der Waals surface area contributed by atoms with Crippen molar-refractivity contribution in [1.82, 2.24) is 9.29 Å². The molecule has 0 saturated carbocycles. The number of hydrogen-bond donors (Lipinski definition) is 1. The van der Waals surface area contributed by atoms with Crippen molar-refractivity contribution in [2.45, 2.75) is 24.2 Å². The normalized spacial score (nSPS) is 15.6. The van der Waals surface area contributed by atoms with Gasteiger partial charge in [0.2, 0.25) is 15.8 Å². The summed E-state index contributed by atoms with van der Waals surface area (Å²) < 4.78 is 32.5. The van der Waals surface area contributed by atoms with Gasteiger partial charge in [0.25, 0.3) is 0 Å². The Labute approximate surface area is 164 Å². The van der Waals surface area contributed by atoms with Crippen LogP contribution in [0.3, 0.4) is 0 Å². The summed E-state index contributed by atoms with van der Waals surface area (Å²) in [7, 11) is -3.46. The minimum absolute atomic E-state index is 0.111. The summed E-state index contributed by atoms with van der Waals surface area (Å²) in [6, 6.07) is 13.9. The number of fused-ring (bicyclic) bond motifs is 1. The lowest BCUT2D eigenvalue weighted by molar-refractivity contribution is 0.0923. The van der Waals surface area contributed by atoms with Crippen LogP contribution in [0.25, 0.3) is 10.9 Å². The Balaban J connectivity index is 1.42. The third-order valence-electron chi connectivity index (χ3n) is 5.04. The fraction of sp³-hybridized carbons (Fsp3) is 0.286. The van der Waals surface area contributed by atoms with Gasteiger partial charge in [0, 0.05) is 35.8 Å². The number of aromatic amines is 1. The first-order chi connectivity index (χ1) is 13.6. The highest BCUT2D eigenvalue weighted by Crippen LogP contribution is 2.23. The highest BCUT2D eigenvalue weighted by molar-refractivity contribution is 7.89. The van der Waals surface area contributed by atoms with Gasteiger partial charge in [-0.2, -0.15) is 4.31 Å². The summed E-state index contributed by atoms with van der Waals surface area (Å²) in [6.07, 6.45) is 4.56. The first-order valence-corrected chi connectivity index (χ1v) is 10.8. The highest BCUT2D eigenvalue weighted by atomic mass is 32.2. The van der Waals surface area contributed by atoms with Gasteiger partial charge < -0.3 is 9.72 Å². The van der Waals surface area contributed by atoms with E-state index in [2.05, 4.69) is 4.98 Å². The average molecular weight is 398 g/mol. The molecule has 1 aliphatic rings. The third kappa shape index (κ3) is 3.68. The van der Waals surface area contributed by atoms with Gasteiger partial charge in [0.15, 0.2) is 6.61 Å². The molecule has 4 rings (SSSR count). The summed E-state index contributed by atoms with van der Waals surface area (Å²) >= 11 is 0. The molecule has 0 radical (unpaired) electrons. The second-order valence-electron chi connectivity index (χ2n) is 6.90. The molecule has 0 atom stereocenters. The Morgan fingerprint density at radius 2 is 1.71 bits per heavy atom. The number of ether oxygens (including phenoxy) is 1. The van der Waals surface area contributed by atoms with E-state index < -0.39 is 10.0 Å². The van der Waals surface area contributed by atoms with Crippen LogP contribution < -0.4 is 4.74 Å². The summed E-state index contributed by atoms with van der Waals surface area (Å²) in [5.41, 5.74) is 1.48. The van der Waals surface area contributed by atoms with Crippen LogP contribution in [0.5, 0.6) is 5.75 Å². The van der Waals surface area contributed by atoms with Crippen LogP contribution in [-0.4, -0.2) is 43.2 Å². The minimum Gasteiger partial charge on any atom is -0.485 e. The molecule has 1 fully saturated rings. The Kier molecular flexibility index (Phi) is 5.19. The Hall–Kier alpha value is -2.64. The van der Waals surface area contributed by atoms with Crippen LogP contribution >= 0.6 is 0 Å². The molecule has 0 bridgehead atoms. The lowest BCUT2D eigenvalue weighted by atomic mass is 10.1. The number of ketones is 1. The monoisotopic (exact) mass is 398 g/mol. The second kappa shape index (κ2) is 7.77. The van der Waals surface area contributed by atoms with Gasteiger partial charge >= 0.3 is 0 Å². The maximum absolute atomic E-state index is 12.7. The summed E-state index contributed by atoms with van der Waals surface area (Å²) in [5.74, 6) is 0.327. The van der Waals surface area contributed by atoms with Gasteiger partial charge in [-0.3, -0.25) is 4.79 Å². The number of H-pyrrole nitrogens is 1. The van der Waals surface area contributed by atoms with E-state index in [1.54, 1.807) is 18.3 Å². The van der Waals surface area contributed by atoms with Crippen LogP contribution in [0.2, 0.25) is 0 Å². The van der Waals surface area contributed by atoms with Crippen molar-refractivity contribution in [2.24, 2.45) is 0 Å². The van der Waals surface area contributed by atoms with Gasteiger partial charge in [0.1, 0.15) is 5.75 Å². The molecule has 2 heterocycles. The minimum atomic E-state index is -3.46. The lowest BCUT2D eigenvalue weighted by Gasteiger charge is -2.25. The van der Waals surface area contributed by atoms with Crippen LogP contribution in [0, 0.1) is 0 Å². The SMILES string of the molecule is O=C(COc1ccc(S(=O)(=O)N2CCCCC2)cc1)c1c[nH]c2ccccc12. The van der Waals surface area contributed by atoms with Crippen LogP contribution in [0.4, 0.5) is 0 Å². The predicted octanol–water partition coefficient (Wildman–Crippen LogP) is 3.60. The zero-order chi connectivity index (χ0) is 19.6. The van der Waals surface area contributed by atoms with E-state index in [4.69, 9.17) is 4.74 Å². The molecule has 1 aliphatic heterocycles. The topological polar surface area (TPSA) is 79.5 Å². The number of Topliss-reactive ketones (excluding diaryl/α,β-unsaturated/α-hetero) is 1. The van der Waals surface area contributed by atoms with Crippen molar-refractivity contribution in [3.8, 4) is 5.75 Å². The van der Waals surface area contributed by atoms with E-state index in [0.717, 1.165) is 30.2 Å². The van der Waals surface area contributed by atoms with E-state index in [1.165, 1.54) is 16.4 Å². The number of rotatable bonds is 6. The van der Waals surface area contributed by atoms with Crippen molar-refractivity contribution in [3.05, 3.63) is 60.3 Å². The molecule has 1 aromatic heterocycles. The van der Waals surface area contributed by atoms with E-state index in [1.807, 2.05) is 24.3 Å². The molecule has 146 valence electrons. The van der Waals surface area contributed by atoms with Gasteiger partial charge in [-0.1, -0.05) is 24.6 Å². The summed E-state index contributed by atoms with van der Waals surface area (Å²) in [5, 5.41) is 0.860. The fourth-order valence-electron chi connectivity index (χ4n) is 3.49. The zero-order valence-electron chi connectivity index (χ0n) is 15.4. The number of para-hydroxylation sites is 1. The van der Waals surface area contributed by atoms with Gasteiger partial charge in [-0.15, -0.1) is 0 Å². The van der Waals surface area contributed by atoms with Crippen molar-refractivity contribution in [1.29, 1.82) is 0 Å². The van der Waals surface area contributed by atoms with Crippen LogP contribution in [0.1, 0.15) is 29.6 Å². The molecule has 3 aromatic rings. The van der Waals surface area contributed by atoms with E-state index in [-0.39, 0.29) is 17.3 Å². The zero-order valence-corrected chi connectivity index (χ0v) is 16.2. The average Bonchev–Trinajstić information content (AvgIpc) is 3.17. The lowest BCUT2D eigenvalue weighted by Crippen LogP contribution is -2.35. The van der Waals surface area contributed by atoms with E-state index in [0.29, 0.717) is 24.4 Å². The van der Waals surface area contributed by atoms with Crippen molar-refractivity contribution < 1.29 is 17.9 Å². The maximum atomic E-state index is 12.7. The third-order valence-corrected chi connectivity index (χ3v) is 6.95. The Morgan fingerprint density at radius 3 is 2.46 bits per heavy atom. The highest BCUT2D eigenvalue weighted by Gasteiger charge is 2.25. The van der Waals surface area contributed by atoms with Crippen molar-refractivity contribution >= 4 is 26.7 Å². The number of hydrogen-bond acceptors (Lipinski definition) is 4. The number of sulfonamides is 1. The summed E-state index contributed by atoms with van der Waals surface area (Å²) in [4.78, 5) is 15.8. The first kappa shape index (κ1) is 18.7. The van der Waals surface area contributed by atoms with Gasteiger partial charge in [-0.05, 0) is 43.2 Å². The number of carbonyl (C=O) groups is 1. The molecule has 28 heavy (non-hydrogen) atoms. The molecule has 0 aliphatic carbocycles. The Bertz CT molecular complexity index is 1080. The molecule has 0 unspecified atom stereocenters. The van der Waals surface area contributed by atoms with Gasteiger partial charge in [-0.25, -0.2) is 8.42 Å². The molecule has 1 saturated heterocycles. The predicted molar refractivity (Wildman–Crippen MR) is 107 cm³/mol. The molecule has 0 amide bonds. The number of aromatic nitrogens is 1. The van der Waals surface area contributed by atoms with Crippen molar-refractivity contribution in [3.63, 3.8) is 0 Å². The molecule has 7 heteroatoms. The van der Waals surface area contributed by atoms with E-state index in [9.17, 15) is 13.2 Å². The number of nitrogens with one attached hydrogen (secondary N) is 1. The number of nitrogens with zero attached hydrogens (tertiary/aromatic N) is 1. The molecule has 0 spiro atoms. The van der Waals surface area contributed by atoms with Crippen LogP contribution in [-0.2, 0) is 10.0 Å². The standard InChI is InChI=1S/C21H22N2O4S/c24-21(19-14-22-20-7-3-2-6-18(19)20)15-27-16-8-10-17(11-9-16)28(25,26)23-12-4-1-5-13-23/h2-3,6-11,14,22H,1,4-5,12-13,15H2. The largest absolute Gasteiger partial charge is 0.485 e. The second-order valence-corrected chi connectivity index (χ2v) is 8.83. The fourth-order valence-corrected chi connectivity index (χ4v) is 5.01.